The summed E-state index contributed by atoms with van der Waals surface area (Å²) < 4.78 is 2.54. The van der Waals surface area contributed by atoms with Crippen molar-refractivity contribution in [1.82, 2.24) is 9.78 Å². The quantitative estimate of drug-likeness (QED) is 0.797. The summed E-state index contributed by atoms with van der Waals surface area (Å²) >= 11 is 4.96. The van der Waals surface area contributed by atoms with E-state index in [1.165, 1.54) is 10.4 Å². The van der Waals surface area contributed by atoms with Crippen molar-refractivity contribution in [1.29, 1.82) is 0 Å². The van der Waals surface area contributed by atoms with Crippen LogP contribution in [0.25, 0.3) is 0 Å². The van der Waals surface area contributed by atoms with Crippen molar-refractivity contribution in [3.05, 3.63) is 37.7 Å². The zero-order chi connectivity index (χ0) is 13.3. The van der Waals surface area contributed by atoms with Crippen LogP contribution >= 0.6 is 27.3 Å². The third-order valence-corrected chi connectivity index (χ3v) is 4.57. The van der Waals surface area contributed by atoms with Gasteiger partial charge < -0.3 is 0 Å². The van der Waals surface area contributed by atoms with E-state index in [1.807, 2.05) is 19.9 Å². The van der Waals surface area contributed by atoms with E-state index in [9.17, 15) is 4.79 Å². The first-order valence-corrected chi connectivity index (χ1v) is 7.48. The maximum Gasteiger partial charge on any atom is 0.222 e. The molecule has 0 saturated carbocycles. The molecule has 0 radical (unpaired) electrons. The van der Waals surface area contributed by atoms with Crippen LogP contribution in [0.5, 0.6) is 0 Å². The number of aromatic nitrogens is 2. The van der Waals surface area contributed by atoms with Gasteiger partial charge in [0.25, 0.3) is 0 Å². The first-order chi connectivity index (χ1) is 8.54. The summed E-state index contributed by atoms with van der Waals surface area (Å²) in [5.41, 5.74) is 1.82. The lowest BCUT2D eigenvalue weighted by Crippen LogP contribution is -2.11. The number of halogens is 1. The van der Waals surface area contributed by atoms with Gasteiger partial charge in [0.1, 0.15) is 5.69 Å². The fourth-order valence-corrected chi connectivity index (χ4v) is 3.22. The number of ketones is 1. The molecule has 0 saturated heterocycles. The number of thiophene rings is 1. The normalized spacial score (nSPS) is 10.9. The van der Waals surface area contributed by atoms with Gasteiger partial charge in [-0.1, -0.05) is 6.92 Å². The lowest BCUT2D eigenvalue weighted by molar-refractivity contribution is 0.103. The standard InChI is InChI=1S/C13H15BrN2OS/c1-4-5-16-12(10(14)7-15-16)13(17)11-6-8(2)9(3)18-11/h6-7H,4-5H2,1-3H3. The minimum atomic E-state index is 0.0500. The lowest BCUT2D eigenvalue weighted by atomic mass is 10.2. The molecule has 0 spiro atoms. The number of hydrogen-bond acceptors (Lipinski definition) is 3. The molecule has 0 bridgehead atoms. The molecule has 2 aromatic rings. The van der Waals surface area contributed by atoms with E-state index in [4.69, 9.17) is 0 Å². The largest absolute Gasteiger partial charge is 0.286 e. The second-order valence-corrected chi connectivity index (χ2v) is 6.35. The Hall–Kier alpha value is -0.940. The molecule has 0 aliphatic heterocycles. The van der Waals surface area contributed by atoms with E-state index in [1.54, 1.807) is 22.2 Å². The molecule has 2 aromatic heterocycles. The lowest BCUT2D eigenvalue weighted by Gasteiger charge is -2.04. The Labute approximate surface area is 119 Å². The second-order valence-electron chi connectivity index (χ2n) is 4.24. The number of carbonyl (C=O) groups excluding carboxylic acids is 1. The topological polar surface area (TPSA) is 34.9 Å². The van der Waals surface area contributed by atoms with Gasteiger partial charge in [-0.15, -0.1) is 11.3 Å². The molecule has 96 valence electrons. The average molecular weight is 327 g/mol. The van der Waals surface area contributed by atoms with Crippen molar-refractivity contribution in [2.24, 2.45) is 0 Å². The summed E-state index contributed by atoms with van der Waals surface area (Å²) in [4.78, 5) is 14.5. The molecule has 0 amide bonds. The van der Waals surface area contributed by atoms with E-state index in [0.29, 0.717) is 5.69 Å². The van der Waals surface area contributed by atoms with Gasteiger partial charge in [-0.2, -0.15) is 5.10 Å². The van der Waals surface area contributed by atoms with Gasteiger partial charge in [0.2, 0.25) is 5.78 Å². The highest BCUT2D eigenvalue weighted by Crippen LogP contribution is 2.26. The molecule has 2 rings (SSSR count). The highest BCUT2D eigenvalue weighted by Gasteiger charge is 2.20. The van der Waals surface area contributed by atoms with Gasteiger partial charge in [-0.05, 0) is 47.8 Å². The summed E-state index contributed by atoms with van der Waals surface area (Å²) in [6, 6.07) is 1.96. The first-order valence-electron chi connectivity index (χ1n) is 5.87. The van der Waals surface area contributed by atoms with E-state index >= 15 is 0 Å². The molecule has 3 nitrogen and oxygen atoms in total. The smallest absolute Gasteiger partial charge is 0.222 e. The SMILES string of the molecule is CCCn1ncc(Br)c1C(=O)c1cc(C)c(C)s1. The minimum absolute atomic E-state index is 0.0500. The van der Waals surface area contributed by atoms with E-state index < -0.39 is 0 Å². The zero-order valence-corrected chi connectivity index (χ0v) is 13.1. The van der Waals surface area contributed by atoms with Gasteiger partial charge in [0.05, 0.1) is 15.5 Å². The maximum atomic E-state index is 12.5. The highest BCUT2D eigenvalue weighted by molar-refractivity contribution is 9.10. The van der Waals surface area contributed by atoms with Crippen molar-refractivity contribution >= 4 is 33.0 Å². The monoisotopic (exact) mass is 326 g/mol. The Kier molecular flexibility index (Phi) is 4.02. The Morgan fingerprint density at radius 3 is 2.78 bits per heavy atom. The van der Waals surface area contributed by atoms with Crippen LogP contribution in [0, 0.1) is 13.8 Å². The molecule has 0 unspecified atom stereocenters. The molecular formula is C13H15BrN2OS. The van der Waals surface area contributed by atoms with Crippen molar-refractivity contribution in [2.45, 2.75) is 33.7 Å². The molecule has 0 aliphatic carbocycles. The van der Waals surface area contributed by atoms with Crippen LogP contribution in [0.2, 0.25) is 0 Å². The van der Waals surface area contributed by atoms with Crippen LogP contribution in [0.3, 0.4) is 0 Å². The average Bonchev–Trinajstić information content (AvgIpc) is 2.84. The minimum Gasteiger partial charge on any atom is -0.286 e. The van der Waals surface area contributed by atoms with Crippen LogP contribution in [0.4, 0.5) is 0 Å². The number of hydrogen-bond donors (Lipinski definition) is 0. The highest BCUT2D eigenvalue weighted by atomic mass is 79.9. The predicted octanol–water partition coefficient (Wildman–Crippen LogP) is 3.96. The van der Waals surface area contributed by atoms with Gasteiger partial charge in [0, 0.05) is 11.4 Å². The van der Waals surface area contributed by atoms with Crippen LogP contribution in [0.15, 0.2) is 16.7 Å². The number of nitrogens with zero attached hydrogens (tertiary/aromatic N) is 2. The number of rotatable bonds is 4. The van der Waals surface area contributed by atoms with Gasteiger partial charge >= 0.3 is 0 Å². The number of carbonyl (C=O) groups is 1. The molecular weight excluding hydrogens is 312 g/mol. The molecule has 2 heterocycles. The summed E-state index contributed by atoms with van der Waals surface area (Å²) in [5, 5.41) is 4.23. The zero-order valence-electron chi connectivity index (χ0n) is 10.7. The van der Waals surface area contributed by atoms with Gasteiger partial charge in [0.15, 0.2) is 0 Å². The van der Waals surface area contributed by atoms with E-state index in [-0.39, 0.29) is 5.78 Å². The Morgan fingerprint density at radius 1 is 1.50 bits per heavy atom. The fourth-order valence-electron chi connectivity index (χ4n) is 1.77. The Morgan fingerprint density at radius 2 is 2.22 bits per heavy atom. The Bertz CT molecular complexity index is 566. The van der Waals surface area contributed by atoms with Crippen molar-refractivity contribution < 1.29 is 4.79 Å². The maximum absolute atomic E-state index is 12.5. The summed E-state index contributed by atoms with van der Waals surface area (Å²) in [7, 11) is 0. The summed E-state index contributed by atoms with van der Waals surface area (Å²) in [6.07, 6.45) is 2.65. The van der Waals surface area contributed by atoms with Crippen molar-refractivity contribution in [2.75, 3.05) is 0 Å². The van der Waals surface area contributed by atoms with E-state index in [2.05, 4.69) is 28.0 Å². The first kappa shape index (κ1) is 13.5. The molecule has 5 heteroatoms. The third kappa shape index (κ3) is 2.42. The fraction of sp³-hybridized carbons (Fsp3) is 0.385. The predicted molar refractivity (Wildman–Crippen MR) is 77.4 cm³/mol. The summed E-state index contributed by atoms with van der Waals surface area (Å²) in [5.74, 6) is 0.0500. The van der Waals surface area contributed by atoms with Crippen LogP contribution in [-0.4, -0.2) is 15.6 Å². The molecule has 0 aliphatic rings. The molecule has 18 heavy (non-hydrogen) atoms. The van der Waals surface area contributed by atoms with Crippen molar-refractivity contribution in [3.63, 3.8) is 0 Å². The van der Waals surface area contributed by atoms with Crippen LogP contribution in [0.1, 0.15) is 39.2 Å². The summed E-state index contributed by atoms with van der Waals surface area (Å²) in [6.45, 7) is 6.90. The number of aryl methyl sites for hydroxylation is 3. The van der Waals surface area contributed by atoms with Crippen LogP contribution in [-0.2, 0) is 6.54 Å². The van der Waals surface area contributed by atoms with Gasteiger partial charge in [-0.25, -0.2) is 0 Å². The molecule has 0 aromatic carbocycles. The third-order valence-electron chi connectivity index (χ3n) is 2.84. The molecule has 0 atom stereocenters. The van der Waals surface area contributed by atoms with Gasteiger partial charge in [-0.3, -0.25) is 9.48 Å². The Balaban J connectivity index is 2.42. The molecule has 0 N–H and O–H groups in total. The molecule has 0 fully saturated rings. The van der Waals surface area contributed by atoms with Crippen molar-refractivity contribution in [3.8, 4) is 0 Å². The van der Waals surface area contributed by atoms with Crippen LogP contribution < -0.4 is 0 Å². The van der Waals surface area contributed by atoms with E-state index in [0.717, 1.165) is 22.3 Å². The second kappa shape index (κ2) is 5.36.